The number of fused-ring (bicyclic) bond motifs is 2. The molecule has 4 rings (SSSR count). The van der Waals surface area contributed by atoms with E-state index in [1.165, 1.54) is 6.08 Å². The molecule has 0 N–H and O–H groups in total. The largest absolute Gasteiger partial charge is 0.493 e. The molecule has 4 nitrogen and oxygen atoms in total. The average molecular weight is 322 g/mol. The molecule has 2 heterocycles. The van der Waals surface area contributed by atoms with Gasteiger partial charge in [-0.25, -0.2) is 4.79 Å². The van der Waals surface area contributed by atoms with E-state index in [0.717, 1.165) is 46.6 Å². The predicted molar refractivity (Wildman–Crippen MR) is 90.1 cm³/mol. The van der Waals surface area contributed by atoms with Gasteiger partial charge >= 0.3 is 5.97 Å². The molecule has 0 aromatic heterocycles. The van der Waals surface area contributed by atoms with Crippen molar-refractivity contribution >= 4 is 12.0 Å². The number of carbonyl (C=O) groups is 1. The van der Waals surface area contributed by atoms with Gasteiger partial charge in [-0.15, -0.1) is 0 Å². The normalized spacial score (nSPS) is 14.8. The van der Waals surface area contributed by atoms with Crippen LogP contribution in [0.3, 0.4) is 0 Å². The summed E-state index contributed by atoms with van der Waals surface area (Å²) in [7, 11) is 0. The van der Waals surface area contributed by atoms with E-state index in [1.807, 2.05) is 42.5 Å². The van der Waals surface area contributed by atoms with Gasteiger partial charge in [0.15, 0.2) is 0 Å². The van der Waals surface area contributed by atoms with Crippen LogP contribution in [-0.4, -0.2) is 19.2 Å². The molecule has 0 aliphatic carbocycles. The predicted octanol–water partition coefficient (Wildman–Crippen LogP) is 3.31. The number of carbonyl (C=O) groups excluding carboxylic acids is 1. The van der Waals surface area contributed by atoms with Gasteiger partial charge in [-0.05, 0) is 17.2 Å². The molecule has 0 fully saturated rings. The molecule has 0 atom stereocenters. The highest BCUT2D eigenvalue weighted by molar-refractivity contribution is 5.88. The van der Waals surface area contributed by atoms with Crippen molar-refractivity contribution in [2.75, 3.05) is 13.2 Å². The first-order chi connectivity index (χ1) is 11.8. The Morgan fingerprint density at radius 3 is 2.38 bits per heavy atom. The van der Waals surface area contributed by atoms with E-state index >= 15 is 0 Å². The number of ether oxygens (including phenoxy) is 3. The van der Waals surface area contributed by atoms with Crippen LogP contribution in [0.5, 0.6) is 11.5 Å². The van der Waals surface area contributed by atoms with Gasteiger partial charge in [0.2, 0.25) is 0 Å². The number of esters is 1. The standard InChI is InChI=1S/C20H18O4/c21-20(24-13-14-4-2-1-3-5-14)7-6-15-16-8-10-22-18(16)12-19-17(15)9-11-23-19/h1-7,12H,8-11,13H2/b7-6+. The topological polar surface area (TPSA) is 44.8 Å². The van der Waals surface area contributed by atoms with E-state index in [2.05, 4.69) is 0 Å². The minimum Gasteiger partial charge on any atom is -0.493 e. The SMILES string of the molecule is O=C(/C=C/c1c2c(cc3c1CCO3)OCC2)OCc1ccccc1. The summed E-state index contributed by atoms with van der Waals surface area (Å²) in [6.45, 7) is 1.64. The highest BCUT2D eigenvalue weighted by atomic mass is 16.5. The van der Waals surface area contributed by atoms with Crippen LogP contribution < -0.4 is 9.47 Å². The molecule has 0 spiro atoms. The molecular weight excluding hydrogens is 304 g/mol. The van der Waals surface area contributed by atoms with Crippen molar-refractivity contribution in [2.45, 2.75) is 19.4 Å². The van der Waals surface area contributed by atoms with Crippen LogP contribution in [0, 0.1) is 0 Å². The number of benzene rings is 2. The summed E-state index contributed by atoms with van der Waals surface area (Å²) in [6.07, 6.45) is 5.06. The quantitative estimate of drug-likeness (QED) is 0.640. The summed E-state index contributed by atoms with van der Waals surface area (Å²) in [6, 6.07) is 11.6. The van der Waals surface area contributed by atoms with Crippen LogP contribution in [0.4, 0.5) is 0 Å². The van der Waals surface area contributed by atoms with Crippen LogP contribution in [0.1, 0.15) is 22.3 Å². The van der Waals surface area contributed by atoms with Crippen LogP contribution in [0.25, 0.3) is 6.08 Å². The maximum absolute atomic E-state index is 12.0. The van der Waals surface area contributed by atoms with Crippen molar-refractivity contribution in [2.24, 2.45) is 0 Å². The lowest BCUT2D eigenvalue weighted by molar-refractivity contribution is -0.138. The van der Waals surface area contributed by atoms with Gasteiger partial charge in [-0.2, -0.15) is 0 Å². The molecule has 0 radical (unpaired) electrons. The fraction of sp³-hybridized carbons (Fsp3) is 0.250. The van der Waals surface area contributed by atoms with E-state index < -0.39 is 0 Å². The Morgan fingerprint density at radius 1 is 1.04 bits per heavy atom. The van der Waals surface area contributed by atoms with Gasteiger partial charge in [0.05, 0.1) is 13.2 Å². The Kier molecular flexibility index (Phi) is 3.95. The summed E-state index contributed by atoms with van der Waals surface area (Å²) in [5.41, 5.74) is 4.34. The summed E-state index contributed by atoms with van der Waals surface area (Å²) < 4.78 is 16.6. The minimum atomic E-state index is -0.344. The lowest BCUT2D eigenvalue weighted by atomic mass is 9.97. The van der Waals surface area contributed by atoms with Crippen molar-refractivity contribution < 1.29 is 19.0 Å². The van der Waals surface area contributed by atoms with E-state index in [4.69, 9.17) is 14.2 Å². The zero-order valence-electron chi connectivity index (χ0n) is 13.3. The van der Waals surface area contributed by atoms with Crippen molar-refractivity contribution in [3.63, 3.8) is 0 Å². The number of hydrogen-bond donors (Lipinski definition) is 0. The summed E-state index contributed by atoms with van der Waals surface area (Å²) in [5.74, 6) is 1.39. The molecule has 24 heavy (non-hydrogen) atoms. The Balaban J connectivity index is 1.51. The van der Waals surface area contributed by atoms with E-state index in [0.29, 0.717) is 13.2 Å². The van der Waals surface area contributed by atoms with Crippen LogP contribution in [0.15, 0.2) is 42.5 Å². The highest BCUT2D eigenvalue weighted by Gasteiger charge is 2.25. The Labute approximate surface area is 140 Å². The number of hydrogen-bond acceptors (Lipinski definition) is 4. The molecule has 0 unspecified atom stereocenters. The average Bonchev–Trinajstić information content (AvgIpc) is 3.26. The van der Waals surface area contributed by atoms with Crippen LogP contribution in [0.2, 0.25) is 0 Å². The summed E-state index contributed by atoms with van der Waals surface area (Å²) in [5, 5.41) is 0. The van der Waals surface area contributed by atoms with E-state index in [9.17, 15) is 4.79 Å². The zero-order chi connectivity index (χ0) is 16.4. The first-order valence-corrected chi connectivity index (χ1v) is 8.14. The smallest absolute Gasteiger partial charge is 0.331 e. The monoisotopic (exact) mass is 322 g/mol. The third kappa shape index (κ3) is 2.87. The maximum Gasteiger partial charge on any atom is 0.331 e. The molecule has 2 aliphatic heterocycles. The van der Waals surface area contributed by atoms with Gasteiger partial charge in [-0.3, -0.25) is 0 Å². The first kappa shape index (κ1) is 14.8. The lowest BCUT2D eigenvalue weighted by Gasteiger charge is -2.09. The van der Waals surface area contributed by atoms with E-state index in [1.54, 1.807) is 0 Å². The first-order valence-electron chi connectivity index (χ1n) is 8.14. The van der Waals surface area contributed by atoms with E-state index in [-0.39, 0.29) is 12.6 Å². The second-order valence-corrected chi connectivity index (χ2v) is 5.87. The molecule has 2 aromatic rings. The highest BCUT2D eigenvalue weighted by Crippen LogP contribution is 2.40. The summed E-state index contributed by atoms with van der Waals surface area (Å²) in [4.78, 5) is 12.0. The van der Waals surface area contributed by atoms with Crippen LogP contribution >= 0.6 is 0 Å². The second kappa shape index (κ2) is 6.40. The third-order valence-electron chi connectivity index (χ3n) is 4.34. The van der Waals surface area contributed by atoms with Crippen molar-refractivity contribution in [3.8, 4) is 11.5 Å². The molecule has 0 amide bonds. The van der Waals surface area contributed by atoms with Crippen molar-refractivity contribution in [1.29, 1.82) is 0 Å². The molecule has 0 saturated carbocycles. The Hall–Kier alpha value is -2.75. The zero-order valence-corrected chi connectivity index (χ0v) is 13.3. The van der Waals surface area contributed by atoms with Crippen molar-refractivity contribution in [3.05, 3.63) is 64.7 Å². The molecule has 122 valence electrons. The molecular formula is C20H18O4. The van der Waals surface area contributed by atoms with Gasteiger partial charge in [-0.1, -0.05) is 30.3 Å². The van der Waals surface area contributed by atoms with Gasteiger partial charge in [0.1, 0.15) is 18.1 Å². The second-order valence-electron chi connectivity index (χ2n) is 5.87. The van der Waals surface area contributed by atoms with Crippen LogP contribution in [-0.2, 0) is 29.0 Å². The van der Waals surface area contributed by atoms with Crippen molar-refractivity contribution in [1.82, 2.24) is 0 Å². The molecule has 0 bridgehead atoms. The van der Waals surface area contributed by atoms with Gasteiger partial charge in [0.25, 0.3) is 0 Å². The molecule has 0 saturated heterocycles. The van der Waals surface area contributed by atoms with Gasteiger partial charge < -0.3 is 14.2 Å². The summed E-state index contributed by atoms with van der Waals surface area (Å²) >= 11 is 0. The molecule has 2 aliphatic rings. The molecule has 4 heteroatoms. The Bertz CT molecular complexity index is 761. The Morgan fingerprint density at radius 2 is 1.71 bits per heavy atom. The fourth-order valence-corrected chi connectivity index (χ4v) is 3.17. The maximum atomic E-state index is 12.0. The third-order valence-corrected chi connectivity index (χ3v) is 4.34. The lowest BCUT2D eigenvalue weighted by Crippen LogP contribution is -2.01. The fourth-order valence-electron chi connectivity index (χ4n) is 3.17. The van der Waals surface area contributed by atoms with Gasteiger partial charge in [0, 0.05) is 36.1 Å². The minimum absolute atomic E-state index is 0.279. The molecule has 2 aromatic carbocycles. The number of rotatable bonds is 4.